The van der Waals surface area contributed by atoms with Crippen LogP contribution in [-0.2, 0) is 4.79 Å². The molecule has 0 spiro atoms. The average Bonchev–Trinajstić information content (AvgIpc) is 2.39. The number of benzene rings is 1. The zero-order valence-electron chi connectivity index (χ0n) is 11.2. The van der Waals surface area contributed by atoms with E-state index in [1.807, 2.05) is 13.8 Å². The maximum atomic E-state index is 12.1. The molecule has 0 aliphatic heterocycles. The van der Waals surface area contributed by atoms with E-state index >= 15 is 0 Å². The minimum Gasteiger partial charge on any atom is -0.350 e. The van der Waals surface area contributed by atoms with Crippen molar-refractivity contribution >= 4 is 29.1 Å². The Hall–Kier alpha value is -1.55. The molecule has 0 aromatic heterocycles. The second-order valence-corrected chi connectivity index (χ2v) is 4.69. The van der Waals surface area contributed by atoms with Gasteiger partial charge in [-0.3, -0.25) is 9.59 Å². The van der Waals surface area contributed by atoms with Gasteiger partial charge in [-0.05, 0) is 25.5 Å². The summed E-state index contributed by atoms with van der Waals surface area (Å²) in [5, 5.41) is 5.57. The van der Waals surface area contributed by atoms with Crippen molar-refractivity contribution in [1.29, 1.82) is 0 Å². The first-order valence-electron chi connectivity index (χ1n) is 6.34. The van der Waals surface area contributed by atoms with E-state index in [0.29, 0.717) is 11.3 Å². The van der Waals surface area contributed by atoms with Gasteiger partial charge in [-0.1, -0.05) is 19.1 Å². The van der Waals surface area contributed by atoms with E-state index in [0.717, 1.165) is 6.42 Å². The number of amides is 2. The highest BCUT2D eigenvalue weighted by Crippen LogP contribution is 2.15. The fraction of sp³-hybridized carbons (Fsp3) is 0.429. The van der Waals surface area contributed by atoms with Crippen molar-refractivity contribution in [3.05, 3.63) is 29.8 Å². The number of carbonyl (C=O) groups is 2. The van der Waals surface area contributed by atoms with Crippen molar-refractivity contribution in [3.8, 4) is 0 Å². The summed E-state index contributed by atoms with van der Waals surface area (Å²) in [5.41, 5.74) is 0.976. The van der Waals surface area contributed by atoms with Gasteiger partial charge in [0.1, 0.15) is 0 Å². The van der Waals surface area contributed by atoms with Crippen molar-refractivity contribution in [2.45, 2.75) is 32.7 Å². The molecule has 2 amide bonds. The van der Waals surface area contributed by atoms with Crippen LogP contribution in [0.5, 0.6) is 0 Å². The molecule has 104 valence electrons. The first-order chi connectivity index (χ1) is 9.08. The molecule has 0 saturated heterocycles. The lowest BCUT2D eigenvalue weighted by molar-refractivity contribution is -0.115. The second-order valence-electron chi connectivity index (χ2n) is 4.32. The Morgan fingerprint density at radius 3 is 2.63 bits per heavy atom. The van der Waals surface area contributed by atoms with Crippen LogP contribution in [0.25, 0.3) is 0 Å². The first-order valence-corrected chi connectivity index (χ1v) is 6.87. The van der Waals surface area contributed by atoms with Gasteiger partial charge in [0.05, 0.1) is 11.3 Å². The molecule has 1 aromatic carbocycles. The molecule has 0 saturated carbocycles. The van der Waals surface area contributed by atoms with Crippen LogP contribution < -0.4 is 10.6 Å². The molecule has 1 rings (SSSR count). The quantitative estimate of drug-likeness (QED) is 0.788. The Balaban J connectivity index is 2.83. The summed E-state index contributed by atoms with van der Waals surface area (Å²) in [5.74, 6) is -0.123. The van der Waals surface area contributed by atoms with Crippen molar-refractivity contribution in [3.63, 3.8) is 0 Å². The summed E-state index contributed by atoms with van der Waals surface area (Å²) < 4.78 is 0. The minimum atomic E-state index is -0.196. The fourth-order valence-electron chi connectivity index (χ4n) is 1.49. The molecule has 0 aliphatic rings. The summed E-state index contributed by atoms with van der Waals surface area (Å²) in [4.78, 5) is 23.6. The highest BCUT2D eigenvalue weighted by Gasteiger charge is 2.14. The molecule has 2 N–H and O–H groups in total. The molecule has 0 aliphatic carbocycles. The van der Waals surface area contributed by atoms with Gasteiger partial charge in [-0.2, -0.15) is 0 Å². The molecule has 19 heavy (non-hydrogen) atoms. The molecular formula is C14H19ClN2O2. The van der Waals surface area contributed by atoms with Gasteiger partial charge < -0.3 is 10.6 Å². The third-order valence-corrected chi connectivity index (χ3v) is 2.95. The number of hydrogen-bond acceptors (Lipinski definition) is 2. The number of halogens is 1. The molecule has 4 nitrogen and oxygen atoms in total. The van der Waals surface area contributed by atoms with Gasteiger partial charge >= 0.3 is 0 Å². The molecule has 1 unspecified atom stereocenters. The second kappa shape index (κ2) is 7.79. The molecular weight excluding hydrogens is 264 g/mol. The van der Waals surface area contributed by atoms with E-state index in [2.05, 4.69) is 10.6 Å². The van der Waals surface area contributed by atoms with Crippen LogP contribution in [0.1, 0.15) is 37.0 Å². The standard InChI is InChI=1S/C14H19ClN2O2/c1-3-10(2)16-14(19)11-6-4-5-7-12(11)17-13(18)8-9-15/h4-7,10H,3,8-9H2,1-2H3,(H,16,19)(H,17,18). The zero-order chi connectivity index (χ0) is 14.3. The van der Waals surface area contributed by atoms with Crippen molar-refractivity contribution in [2.24, 2.45) is 0 Å². The molecule has 0 heterocycles. The Labute approximate surface area is 118 Å². The number of nitrogens with one attached hydrogen (secondary N) is 2. The monoisotopic (exact) mass is 282 g/mol. The number of anilines is 1. The maximum Gasteiger partial charge on any atom is 0.253 e. The van der Waals surface area contributed by atoms with E-state index in [-0.39, 0.29) is 30.2 Å². The summed E-state index contributed by atoms with van der Waals surface area (Å²) in [7, 11) is 0. The van der Waals surface area contributed by atoms with E-state index in [9.17, 15) is 9.59 Å². The van der Waals surface area contributed by atoms with Gasteiger partial charge in [0, 0.05) is 18.3 Å². The predicted molar refractivity (Wildman–Crippen MR) is 77.6 cm³/mol. The predicted octanol–water partition coefficient (Wildman–Crippen LogP) is 2.78. The summed E-state index contributed by atoms with van der Waals surface area (Å²) in [6.45, 7) is 3.94. The van der Waals surface area contributed by atoms with Gasteiger partial charge in [0.2, 0.25) is 5.91 Å². The van der Waals surface area contributed by atoms with E-state index in [4.69, 9.17) is 11.6 Å². The Morgan fingerprint density at radius 1 is 1.32 bits per heavy atom. The number of rotatable bonds is 6. The van der Waals surface area contributed by atoms with Gasteiger partial charge in [0.15, 0.2) is 0 Å². The Morgan fingerprint density at radius 2 is 2.00 bits per heavy atom. The molecule has 5 heteroatoms. The first kappa shape index (κ1) is 15.5. The van der Waals surface area contributed by atoms with Crippen LogP contribution in [0, 0.1) is 0 Å². The van der Waals surface area contributed by atoms with Crippen LogP contribution in [0.15, 0.2) is 24.3 Å². The zero-order valence-corrected chi connectivity index (χ0v) is 12.0. The van der Waals surface area contributed by atoms with Crippen molar-refractivity contribution in [2.75, 3.05) is 11.2 Å². The molecule has 1 atom stereocenters. The lowest BCUT2D eigenvalue weighted by Crippen LogP contribution is -2.32. The third kappa shape index (κ3) is 4.91. The van der Waals surface area contributed by atoms with E-state index in [1.165, 1.54) is 0 Å². The molecule has 0 fully saturated rings. The van der Waals surface area contributed by atoms with Crippen LogP contribution >= 0.6 is 11.6 Å². The van der Waals surface area contributed by atoms with E-state index < -0.39 is 0 Å². The molecule has 0 bridgehead atoms. The largest absolute Gasteiger partial charge is 0.350 e. The Kier molecular flexibility index (Phi) is 6.36. The lowest BCUT2D eigenvalue weighted by Gasteiger charge is -2.14. The average molecular weight is 283 g/mol. The van der Waals surface area contributed by atoms with Gasteiger partial charge in [0.25, 0.3) is 5.91 Å². The summed E-state index contributed by atoms with van der Waals surface area (Å²) in [6, 6.07) is 7.03. The third-order valence-electron chi connectivity index (χ3n) is 2.76. The topological polar surface area (TPSA) is 58.2 Å². The van der Waals surface area contributed by atoms with E-state index in [1.54, 1.807) is 24.3 Å². The molecule has 1 aromatic rings. The van der Waals surface area contributed by atoms with Crippen LogP contribution in [0.2, 0.25) is 0 Å². The highest BCUT2D eigenvalue weighted by molar-refractivity contribution is 6.19. The minimum absolute atomic E-state index is 0.0964. The number of alkyl halides is 1. The fourth-order valence-corrected chi connectivity index (χ4v) is 1.66. The lowest BCUT2D eigenvalue weighted by atomic mass is 10.1. The number of hydrogen-bond donors (Lipinski definition) is 2. The summed E-state index contributed by atoms with van der Waals surface area (Å²) in [6.07, 6.45) is 1.08. The maximum absolute atomic E-state index is 12.1. The number of para-hydroxylation sites is 1. The van der Waals surface area contributed by atoms with Crippen molar-refractivity contribution < 1.29 is 9.59 Å². The van der Waals surface area contributed by atoms with Crippen LogP contribution in [0.4, 0.5) is 5.69 Å². The highest BCUT2D eigenvalue weighted by atomic mass is 35.5. The molecule has 0 radical (unpaired) electrons. The van der Waals surface area contributed by atoms with Gasteiger partial charge in [-0.25, -0.2) is 0 Å². The van der Waals surface area contributed by atoms with Crippen molar-refractivity contribution in [1.82, 2.24) is 5.32 Å². The van der Waals surface area contributed by atoms with Gasteiger partial charge in [-0.15, -0.1) is 11.6 Å². The normalized spacial score (nSPS) is 11.7. The number of carbonyl (C=O) groups excluding carboxylic acids is 2. The van der Waals surface area contributed by atoms with Crippen LogP contribution in [0.3, 0.4) is 0 Å². The SMILES string of the molecule is CCC(C)NC(=O)c1ccccc1NC(=O)CCCl. The van der Waals surface area contributed by atoms with Crippen LogP contribution in [-0.4, -0.2) is 23.7 Å². The summed E-state index contributed by atoms with van der Waals surface area (Å²) >= 11 is 5.51. The smallest absolute Gasteiger partial charge is 0.253 e. The Bertz CT molecular complexity index is 449.